The van der Waals surface area contributed by atoms with Crippen molar-refractivity contribution in [1.82, 2.24) is 9.97 Å². The van der Waals surface area contributed by atoms with Crippen molar-refractivity contribution in [3.8, 4) is 0 Å². The highest BCUT2D eigenvalue weighted by Gasteiger charge is 2.17. The lowest BCUT2D eigenvalue weighted by Crippen LogP contribution is -2.01. The number of anilines is 1. The fourth-order valence-electron chi connectivity index (χ4n) is 1.25. The van der Waals surface area contributed by atoms with Crippen LogP contribution in [0.2, 0.25) is 0 Å². The molecule has 2 aromatic heterocycles. The van der Waals surface area contributed by atoms with Crippen LogP contribution in [0.1, 0.15) is 5.76 Å². The SMILES string of the molecule is CNc1ncc([N+](=O)[O-])c(SCc2ccco2)n1. The minimum Gasteiger partial charge on any atom is -0.468 e. The van der Waals surface area contributed by atoms with E-state index in [9.17, 15) is 10.1 Å². The molecule has 94 valence electrons. The summed E-state index contributed by atoms with van der Waals surface area (Å²) in [7, 11) is 1.65. The van der Waals surface area contributed by atoms with Crippen LogP contribution < -0.4 is 5.32 Å². The molecule has 0 aromatic carbocycles. The van der Waals surface area contributed by atoms with Crippen molar-refractivity contribution in [3.05, 3.63) is 40.5 Å². The number of hydrogen-bond acceptors (Lipinski definition) is 7. The molecule has 0 saturated carbocycles. The van der Waals surface area contributed by atoms with E-state index in [0.717, 1.165) is 5.76 Å². The molecule has 0 bridgehead atoms. The molecule has 0 amide bonds. The highest BCUT2D eigenvalue weighted by molar-refractivity contribution is 7.98. The molecule has 18 heavy (non-hydrogen) atoms. The molecule has 0 radical (unpaired) electrons. The molecule has 2 heterocycles. The summed E-state index contributed by atoms with van der Waals surface area (Å²) in [4.78, 5) is 18.2. The standard InChI is InChI=1S/C10H10N4O3S/c1-11-10-12-5-8(14(15)16)9(13-10)18-6-7-3-2-4-17-7/h2-5H,6H2,1H3,(H,11,12,13). The van der Waals surface area contributed by atoms with Crippen LogP contribution in [-0.2, 0) is 5.75 Å². The maximum Gasteiger partial charge on any atom is 0.319 e. The van der Waals surface area contributed by atoms with Gasteiger partial charge in [-0.3, -0.25) is 10.1 Å². The van der Waals surface area contributed by atoms with E-state index in [2.05, 4.69) is 15.3 Å². The Morgan fingerprint density at radius 3 is 3.06 bits per heavy atom. The number of nitro groups is 1. The van der Waals surface area contributed by atoms with Gasteiger partial charge in [-0.05, 0) is 12.1 Å². The third-order valence-corrected chi connectivity index (χ3v) is 3.09. The third-order valence-electron chi connectivity index (χ3n) is 2.09. The van der Waals surface area contributed by atoms with Crippen LogP contribution in [0.5, 0.6) is 0 Å². The molecule has 0 aliphatic heterocycles. The van der Waals surface area contributed by atoms with Gasteiger partial charge in [0.25, 0.3) is 0 Å². The number of nitrogens with one attached hydrogen (secondary N) is 1. The van der Waals surface area contributed by atoms with Gasteiger partial charge in [0.15, 0.2) is 5.03 Å². The Kier molecular flexibility index (Phi) is 3.78. The number of thioether (sulfide) groups is 1. The van der Waals surface area contributed by atoms with Crippen molar-refractivity contribution >= 4 is 23.4 Å². The van der Waals surface area contributed by atoms with E-state index in [-0.39, 0.29) is 5.69 Å². The smallest absolute Gasteiger partial charge is 0.319 e. The summed E-state index contributed by atoms with van der Waals surface area (Å²) in [5, 5.41) is 13.9. The summed E-state index contributed by atoms with van der Waals surface area (Å²) in [5.41, 5.74) is -0.106. The second-order valence-corrected chi connectivity index (χ2v) is 4.22. The Hall–Kier alpha value is -2.09. The second-order valence-electron chi connectivity index (χ2n) is 3.26. The second kappa shape index (κ2) is 5.50. The van der Waals surface area contributed by atoms with Crippen LogP contribution >= 0.6 is 11.8 Å². The number of rotatable bonds is 5. The first-order valence-electron chi connectivity index (χ1n) is 5.05. The first-order chi connectivity index (χ1) is 8.70. The molecule has 2 aromatic rings. The normalized spacial score (nSPS) is 10.3. The van der Waals surface area contributed by atoms with Gasteiger partial charge >= 0.3 is 5.69 Å². The van der Waals surface area contributed by atoms with Crippen molar-refractivity contribution in [2.24, 2.45) is 0 Å². The quantitative estimate of drug-likeness (QED) is 0.384. The van der Waals surface area contributed by atoms with Gasteiger partial charge in [-0.15, -0.1) is 0 Å². The van der Waals surface area contributed by atoms with Gasteiger partial charge in [-0.25, -0.2) is 4.98 Å². The Morgan fingerprint density at radius 1 is 1.61 bits per heavy atom. The Bertz CT molecular complexity index is 544. The molecule has 0 fully saturated rings. The lowest BCUT2D eigenvalue weighted by atomic mass is 10.5. The third kappa shape index (κ3) is 2.77. The van der Waals surface area contributed by atoms with E-state index in [0.29, 0.717) is 16.7 Å². The first kappa shape index (κ1) is 12.4. The fourth-order valence-corrected chi connectivity index (χ4v) is 2.12. The van der Waals surface area contributed by atoms with E-state index >= 15 is 0 Å². The largest absolute Gasteiger partial charge is 0.468 e. The Labute approximate surface area is 107 Å². The summed E-state index contributed by atoms with van der Waals surface area (Å²) in [5.74, 6) is 1.56. The predicted octanol–water partition coefficient (Wildman–Crippen LogP) is 2.31. The van der Waals surface area contributed by atoms with Crippen LogP contribution in [0.25, 0.3) is 0 Å². The van der Waals surface area contributed by atoms with Crippen LogP contribution in [0.4, 0.5) is 11.6 Å². The van der Waals surface area contributed by atoms with Gasteiger partial charge in [-0.1, -0.05) is 11.8 Å². The zero-order valence-corrected chi connectivity index (χ0v) is 10.3. The van der Waals surface area contributed by atoms with Crippen molar-refractivity contribution in [3.63, 3.8) is 0 Å². The monoisotopic (exact) mass is 266 g/mol. The predicted molar refractivity (Wildman–Crippen MR) is 66.5 cm³/mol. The molecule has 0 saturated heterocycles. The summed E-state index contributed by atoms with van der Waals surface area (Å²) in [6.45, 7) is 0. The van der Waals surface area contributed by atoms with Crippen molar-refractivity contribution in [1.29, 1.82) is 0 Å². The average molecular weight is 266 g/mol. The summed E-state index contributed by atoms with van der Waals surface area (Å²) < 4.78 is 5.16. The molecule has 0 aliphatic carbocycles. The van der Waals surface area contributed by atoms with Gasteiger partial charge in [-0.2, -0.15) is 4.98 Å². The fraction of sp³-hybridized carbons (Fsp3) is 0.200. The minimum absolute atomic E-state index is 0.106. The molecule has 7 nitrogen and oxygen atoms in total. The van der Waals surface area contributed by atoms with Crippen molar-refractivity contribution in [2.75, 3.05) is 12.4 Å². The molecule has 2 rings (SSSR count). The van der Waals surface area contributed by atoms with E-state index in [1.807, 2.05) is 0 Å². The van der Waals surface area contributed by atoms with Gasteiger partial charge in [0.05, 0.1) is 16.9 Å². The lowest BCUT2D eigenvalue weighted by Gasteiger charge is -2.03. The minimum atomic E-state index is -0.496. The van der Waals surface area contributed by atoms with Crippen molar-refractivity contribution in [2.45, 2.75) is 10.8 Å². The zero-order chi connectivity index (χ0) is 13.0. The van der Waals surface area contributed by atoms with Crippen LogP contribution in [0.3, 0.4) is 0 Å². The summed E-state index contributed by atoms with van der Waals surface area (Å²) in [6, 6.07) is 3.57. The maximum atomic E-state index is 10.9. The maximum absolute atomic E-state index is 10.9. The molecule has 0 aliphatic rings. The first-order valence-corrected chi connectivity index (χ1v) is 6.03. The highest BCUT2D eigenvalue weighted by Crippen LogP contribution is 2.29. The van der Waals surface area contributed by atoms with Gasteiger partial charge < -0.3 is 9.73 Å². The summed E-state index contributed by atoms with van der Waals surface area (Å²) >= 11 is 1.24. The topological polar surface area (TPSA) is 94.1 Å². The Balaban J connectivity index is 2.20. The van der Waals surface area contributed by atoms with E-state index < -0.39 is 4.92 Å². The zero-order valence-electron chi connectivity index (χ0n) is 9.49. The molecule has 0 unspecified atom stereocenters. The van der Waals surface area contributed by atoms with Gasteiger partial charge in [0.1, 0.15) is 12.0 Å². The van der Waals surface area contributed by atoms with Crippen molar-refractivity contribution < 1.29 is 9.34 Å². The number of hydrogen-bond donors (Lipinski definition) is 1. The molecular formula is C10H10N4O3S. The highest BCUT2D eigenvalue weighted by atomic mass is 32.2. The van der Waals surface area contributed by atoms with Crippen LogP contribution in [0, 0.1) is 10.1 Å². The molecule has 0 spiro atoms. The number of furan rings is 1. The lowest BCUT2D eigenvalue weighted by molar-refractivity contribution is -0.388. The van der Waals surface area contributed by atoms with E-state index in [1.54, 1.807) is 25.4 Å². The van der Waals surface area contributed by atoms with E-state index in [1.165, 1.54) is 18.0 Å². The summed E-state index contributed by atoms with van der Waals surface area (Å²) in [6.07, 6.45) is 2.76. The van der Waals surface area contributed by atoms with Crippen LogP contribution in [0.15, 0.2) is 34.0 Å². The molecule has 1 N–H and O–H groups in total. The van der Waals surface area contributed by atoms with Gasteiger partial charge in [0, 0.05) is 7.05 Å². The number of nitrogens with zero attached hydrogens (tertiary/aromatic N) is 3. The van der Waals surface area contributed by atoms with E-state index in [4.69, 9.17) is 4.42 Å². The molecule has 0 atom stereocenters. The average Bonchev–Trinajstić information content (AvgIpc) is 2.88. The van der Waals surface area contributed by atoms with Gasteiger partial charge in [0.2, 0.25) is 5.95 Å². The molecular weight excluding hydrogens is 256 g/mol. The Morgan fingerprint density at radius 2 is 2.44 bits per heavy atom. The molecule has 8 heteroatoms. The number of aromatic nitrogens is 2. The van der Waals surface area contributed by atoms with Crippen LogP contribution in [-0.4, -0.2) is 21.9 Å².